The smallest absolute Gasteiger partial charge is 0.150 e. The van der Waals surface area contributed by atoms with E-state index >= 15 is 0 Å². The quantitative estimate of drug-likeness (QED) is 0.548. The van der Waals surface area contributed by atoms with E-state index in [2.05, 4.69) is 11.2 Å². The van der Waals surface area contributed by atoms with Gasteiger partial charge in [-0.3, -0.25) is 10.1 Å². The predicted octanol–water partition coefficient (Wildman–Crippen LogP) is 0.727. The number of carbonyl (C=O) groups excluding carboxylic acids is 1. The molecule has 0 aromatic heterocycles. The Balaban J connectivity index is 2.38. The zero-order chi connectivity index (χ0) is 11.1. The normalized spacial score (nSPS) is 9.53. The molecule has 0 aliphatic heterocycles. The third-order valence-corrected chi connectivity index (χ3v) is 1.89. The molecule has 0 atom stereocenters. The number of benzene rings is 1. The number of terminal acetylenes is 1. The van der Waals surface area contributed by atoms with Gasteiger partial charge >= 0.3 is 0 Å². The van der Waals surface area contributed by atoms with Crippen molar-refractivity contribution in [1.29, 1.82) is 0 Å². The second-order valence-corrected chi connectivity index (χ2v) is 3.19. The fraction of sp³-hybridized carbons (Fsp3) is 0.250. The molecule has 0 fully saturated rings. The Hall–Kier alpha value is -1.79. The maximum absolute atomic E-state index is 11.4. The Labute approximate surface area is 89.1 Å². The topological polar surface area (TPSA) is 49.3 Å². The molecule has 0 aliphatic rings. The van der Waals surface area contributed by atoms with Crippen LogP contribution in [0.5, 0.6) is 5.75 Å². The molecular weight excluding hydrogens is 190 g/mol. The summed E-state index contributed by atoms with van der Waals surface area (Å²) in [6.07, 6.45) is 5.39. The summed E-state index contributed by atoms with van der Waals surface area (Å²) in [4.78, 5) is 11.4. The number of phenols is 1. The van der Waals surface area contributed by atoms with Crippen molar-refractivity contribution in [2.24, 2.45) is 0 Å². The van der Waals surface area contributed by atoms with Crippen LogP contribution < -0.4 is 5.32 Å². The lowest BCUT2D eigenvalue weighted by molar-refractivity contribution is -0.117. The van der Waals surface area contributed by atoms with Crippen molar-refractivity contribution in [2.75, 3.05) is 13.1 Å². The lowest BCUT2D eigenvalue weighted by atomic mass is 10.1. The highest BCUT2D eigenvalue weighted by molar-refractivity contribution is 5.82. The van der Waals surface area contributed by atoms with Gasteiger partial charge in [-0.05, 0) is 17.7 Å². The van der Waals surface area contributed by atoms with E-state index in [4.69, 9.17) is 11.5 Å². The number of aromatic hydroxyl groups is 1. The first kappa shape index (κ1) is 11.3. The van der Waals surface area contributed by atoms with Gasteiger partial charge in [0.05, 0.1) is 13.1 Å². The van der Waals surface area contributed by atoms with Crippen LogP contribution in [0.15, 0.2) is 24.3 Å². The molecule has 15 heavy (non-hydrogen) atoms. The van der Waals surface area contributed by atoms with Crippen LogP contribution in [0.3, 0.4) is 0 Å². The molecule has 2 N–H and O–H groups in total. The van der Waals surface area contributed by atoms with E-state index in [-0.39, 0.29) is 18.1 Å². The number of nitrogens with one attached hydrogen (secondary N) is 1. The Morgan fingerprint density at radius 2 is 2.07 bits per heavy atom. The van der Waals surface area contributed by atoms with E-state index < -0.39 is 0 Å². The first-order valence-corrected chi connectivity index (χ1v) is 4.66. The van der Waals surface area contributed by atoms with Gasteiger partial charge in [0.2, 0.25) is 0 Å². The molecule has 78 valence electrons. The second-order valence-electron chi connectivity index (χ2n) is 3.19. The number of rotatable bonds is 5. The van der Waals surface area contributed by atoms with Gasteiger partial charge in [-0.1, -0.05) is 18.1 Å². The Kier molecular flexibility index (Phi) is 4.39. The van der Waals surface area contributed by atoms with Gasteiger partial charge in [0.15, 0.2) is 5.78 Å². The molecule has 0 radical (unpaired) electrons. The summed E-state index contributed by atoms with van der Waals surface area (Å²) in [5.41, 5.74) is 0.889. The van der Waals surface area contributed by atoms with Gasteiger partial charge in [-0.25, -0.2) is 0 Å². The fourth-order valence-corrected chi connectivity index (χ4v) is 1.18. The van der Waals surface area contributed by atoms with Crippen molar-refractivity contribution in [3.8, 4) is 18.1 Å². The monoisotopic (exact) mass is 203 g/mol. The van der Waals surface area contributed by atoms with Gasteiger partial charge in [-0.15, -0.1) is 6.42 Å². The van der Waals surface area contributed by atoms with Crippen LogP contribution in [-0.4, -0.2) is 24.0 Å². The minimum absolute atomic E-state index is 0.0796. The number of ketones is 1. The zero-order valence-electron chi connectivity index (χ0n) is 8.36. The number of hydrogen-bond donors (Lipinski definition) is 2. The Morgan fingerprint density at radius 3 is 2.67 bits per heavy atom. The Morgan fingerprint density at radius 1 is 1.40 bits per heavy atom. The van der Waals surface area contributed by atoms with Crippen molar-refractivity contribution >= 4 is 5.78 Å². The maximum atomic E-state index is 11.4. The van der Waals surface area contributed by atoms with Crippen LogP contribution in [0, 0.1) is 12.3 Å². The van der Waals surface area contributed by atoms with E-state index in [0.29, 0.717) is 13.0 Å². The van der Waals surface area contributed by atoms with Crippen LogP contribution in [0.1, 0.15) is 5.56 Å². The average molecular weight is 203 g/mol. The molecule has 1 aromatic carbocycles. The third kappa shape index (κ3) is 4.30. The molecule has 0 aliphatic carbocycles. The highest BCUT2D eigenvalue weighted by atomic mass is 16.3. The highest BCUT2D eigenvalue weighted by Crippen LogP contribution is 2.09. The molecule has 1 rings (SSSR count). The average Bonchev–Trinajstić information content (AvgIpc) is 2.22. The van der Waals surface area contributed by atoms with E-state index in [0.717, 1.165) is 5.56 Å². The molecule has 3 nitrogen and oxygen atoms in total. The molecular formula is C12H13NO2. The fourth-order valence-electron chi connectivity index (χ4n) is 1.18. The van der Waals surface area contributed by atoms with Crippen molar-refractivity contribution < 1.29 is 9.90 Å². The summed E-state index contributed by atoms with van der Waals surface area (Å²) in [5, 5.41) is 11.9. The number of hydrogen-bond acceptors (Lipinski definition) is 3. The van der Waals surface area contributed by atoms with Gasteiger partial charge in [-0.2, -0.15) is 0 Å². The van der Waals surface area contributed by atoms with E-state index in [1.165, 1.54) is 0 Å². The van der Waals surface area contributed by atoms with Crippen LogP contribution in [0.2, 0.25) is 0 Å². The van der Waals surface area contributed by atoms with Crippen LogP contribution in [-0.2, 0) is 11.2 Å². The largest absolute Gasteiger partial charge is 0.508 e. The minimum atomic E-state index is 0.0796. The van der Waals surface area contributed by atoms with Crippen LogP contribution >= 0.6 is 0 Å². The lowest BCUT2D eigenvalue weighted by Crippen LogP contribution is -2.24. The molecule has 3 heteroatoms. The maximum Gasteiger partial charge on any atom is 0.150 e. The minimum Gasteiger partial charge on any atom is -0.508 e. The van der Waals surface area contributed by atoms with Crippen molar-refractivity contribution in [1.82, 2.24) is 5.32 Å². The summed E-state index contributed by atoms with van der Waals surface area (Å²) < 4.78 is 0. The molecule has 0 heterocycles. The van der Waals surface area contributed by atoms with Gasteiger partial charge in [0.25, 0.3) is 0 Å². The van der Waals surface area contributed by atoms with E-state index in [1.54, 1.807) is 24.3 Å². The van der Waals surface area contributed by atoms with Crippen molar-refractivity contribution in [3.05, 3.63) is 29.8 Å². The first-order valence-electron chi connectivity index (χ1n) is 4.66. The predicted molar refractivity (Wildman–Crippen MR) is 58.5 cm³/mol. The summed E-state index contributed by atoms with van der Waals surface area (Å²) in [7, 11) is 0. The van der Waals surface area contributed by atoms with Crippen molar-refractivity contribution in [2.45, 2.75) is 6.42 Å². The van der Waals surface area contributed by atoms with Gasteiger partial charge < -0.3 is 5.11 Å². The molecule has 0 amide bonds. The zero-order valence-corrected chi connectivity index (χ0v) is 8.36. The number of carbonyl (C=O) groups is 1. The standard InChI is InChI=1S/C12H13NO2/c1-2-7-13-9-12(15)8-10-3-5-11(14)6-4-10/h1,3-6,13-14H,7-9H2. The summed E-state index contributed by atoms with van der Waals surface area (Å²) in [6.45, 7) is 0.687. The lowest BCUT2D eigenvalue weighted by Gasteiger charge is -2.01. The van der Waals surface area contributed by atoms with E-state index in [1.807, 2.05) is 0 Å². The number of phenolic OH excluding ortho intramolecular Hbond substituents is 1. The SMILES string of the molecule is C#CCNCC(=O)Cc1ccc(O)cc1. The molecule has 0 saturated heterocycles. The van der Waals surface area contributed by atoms with Crippen LogP contribution in [0.4, 0.5) is 0 Å². The summed E-state index contributed by atoms with van der Waals surface area (Å²) in [6, 6.07) is 6.60. The van der Waals surface area contributed by atoms with Gasteiger partial charge in [0, 0.05) is 6.42 Å². The van der Waals surface area contributed by atoms with E-state index in [9.17, 15) is 4.79 Å². The molecule has 0 spiro atoms. The molecule has 1 aromatic rings. The highest BCUT2D eigenvalue weighted by Gasteiger charge is 2.02. The number of Topliss-reactive ketones (excluding diaryl/α,β-unsaturated/α-hetero) is 1. The molecule has 0 bridgehead atoms. The third-order valence-electron chi connectivity index (χ3n) is 1.89. The molecule has 0 saturated carbocycles. The Bertz CT molecular complexity index is 362. The second kappa shape index (κ2) is 5.84. The first-order chi connectivity index (χ1) is 7.22. The van der Waals surface area contributed by atoms with Gasteiger partial charge in [0.1, 0.15) is 5.75 Å². The summed E-state index contributed by atoms with van der Waals surface area (Å²) >= 11 is 0. The van der Waals surface area contributed by atoms with Crippen LogP contribution in [0.25, 0.3) is 0 Å². The molecule has 0 unspecified atom stereocenters. The van der Waals surface area contributed by atoms with Crippen molar-refractivity contribution in [3.63, 3.8) is 0 Å². The summed E-state index contributed by atoms with van der Waals surface area (Å²) in [5.74, 6) is 2.68.